The molecule has 0 heterocycles. The van der Waals surface area contributed by atoms with E-state index >= 15 is 0 Å². The van der Waals surface area contributed by atoms with Crippen molar-refractivity contribution >= 4 is 23.2 Å². The zero-order valence-corrected chi connectivity index (χ0v) is 15.3. The summed E-state index contributed by atoms with van der Waals surface area (Å²) in [6.07, 6.45) is 0.349. The Kier molecular flexibility index (Phi) is 7.02. The van der Waals surface area contributed by atoms with Crippen molar-refractivity contribution in [2.45, 2.75) is 27.2 Å². The largest absolute Gasteiger partial charge is 0.492 e. The number of nitrogens with one attached hydrogen (secondary N) is 2. The molecule has 2 rings (SSSR count). The van der Waals surface area contributed by atoms with Gasteiger partial charge >= 0.3 is 0 Å². The van der Waals surface area contributed by atoms with Crippen LogP contribution in [0.15, 0.2) is 42.5 Å². The van der Waals surface area contributed by atoms with Gasteiger partial charge in [-0.3, -0.25) is 9.59 Å². The maximum Gasteiger partial charge on any atom is 0.255 e. The number of carbonyl (C=O) groups is 2. The molecule has 138 valence electrons. The molecular weight excluding hydrogens is 332 g/mol. The first-order valence-electron chi connectivity index (χ1n) is 8.68. The lowest BCUT2D eigenvalue weighted by Gasteiger charge is -2.17. The molecule has 6 heteroatoms. The van der Waals surface area contributed by atoms with Crippen molar-refractivity contribution in [1.29, 1.82) is 0 Å². The van der Waals surface area contributed by atoms with Gasteiger partial charge in [0.2, 0.25) is 5.91 Å². The van der Waals surface area contributed by atoms with Gasteiger partial charge in [0.05, 0.1) is 24.6 Å². The number of hydrogen-bond acceptors (Lipinski definition) is 4. The van der Waals surface area contributed by atoms with Crippen LogP contribution in [0.5, 0.6) is 11.5 Å². The highest BCUT2D eigenvalue weighted by Gasteiger charge is 2.16. The third kappa shape index (κ3) is 4.99. The highest BCUT2D eigenvalue weighted by Crippen LogP contribution is 2.37. The average Bonchev–Trinajstić information content (AvgIpc) is 2.65. The molecule has 26 heavy (non-hydrogen) atoms. The molecule has 2 aromatic carbocycles. The molecule has 0 radical (unpaired) electrons. The third-order valence-corrected chi connectivity index (χ3v) is 3.56. The van der Waals surface area contributed by atoms with Crippen molar-refractivity contribution in [2.24, 2.45) is 0 Å². The number of carbonyl (C=O) groups excluding carboxylic acids is 2. The Bertz CT molecular complexity index is 760. The molecule has 0 aliphatic rings. The number of anilines is 2. The zero-order chi connectivity index (χ0) is 18.9. The summed E-state index contributed by atoms with van der Waals surface area (Å²) in [5.41, 5.74) is 1.54. The molecule has 0 bridgehead atoms. The minimum atomic E-state index is -0.251. The van der Waals surface area contributed by atoms with Gasteiger partial charge < -0.3 is 20.1 Å². The van der Waals surface area contributed by atoms with Crippen LogP contribution in [0, 0.1) is 0 Å². The van der Waals surface area contributed by atoms with Gasteiger partial charge in [0.15, 0.2) is 0 Å². The van der Waals surface area contributed by atoms with E-state index in [1.54, 1.807) is 43.3 Å². The van der Waals surface area contributed by atoms with E-state index in [0.29, 0.717) is 48.1 Å². The van der Waals surface area contributed by atoms with Crippen LogP contribution >= 0.6 is 0 Å². The smallest absolute Gasteiger partial charge is 0.255 e. The molecule has 2 N–H and O–H groups in total. The Labute approximate surface area is 153 Å². The third-order valence-electron chi connectivity index (χ3n) is 3.56. The second kappa shape index (κ2) is 9.46. The molecule has 0 saturated heterocycles. The number of hydrogen-bond donors (Lipinski definition) is 2. The molecule has 2 aromatic rings. The van der Waals surface area contributed by atoms with Gasteiger partial charge in [0.1, 0.15) is 11.5 Å². The minimum absolute atomic E-state index is 0.130. The molecule has 0 aliphatic heterocycles. The van der Waals surface area contributed by atoms with Gasteiger partial charge in [-0.05, 0) is 26.0 Å². The van der Waals surface area contributed by atoms with E-state index in [4.69, 9.17) is 9.47 Å². The van der Waals surface area contributed by atoms with Crippen molar-refractivity contribution in [1.82, 2.24) is 0 Å². The van der Waals surface area contributed by atoms with Gasteiger partial charge in [-0.1, -0.05) is 25.1 Å². The van der Waals surface area contributed by atoms with Crippen LogP contribution in [0.3, 0.4) is 0 Å². The standard InChI is InChI=1S/C20H24N2O4/c1-4-19(23)21-15-12-18(26-6-3)16(13-17(15)25-5-2)22-20(24)14-10-8-7-9-11-14/h7-13H,4-6H2,1-3H3,(H,21,23)(H,22,24). The fourth-order valence-corrected chi connectivity index (χ4v) is 2.33. The SMILES string of the molecule is CCOc1cc(NC(=O)c2ccccc2)c(OCC)cc1NC(=O)CC. The second-order valence-electron chi connectivity index (χ2n) is 5.43. The molecule has 0 unspecified atom stereocenters. The summed E-state index contributed by atoms with van der Waals surface area (Å²) in [5.74, 6) is 0.557. The fraction of sp³-hybridized carbons (Fsp3) is 0.300. The predicted molar refractivity (Wildman–Crippen MR) is 102 cm³/mol. The zero-order valence-electron chi connectivity index (χ0n) is 15.3. The molecule has 0 aliphatic carbocycles. The Morgan fingerprint density at radius 1 is 0.846 bits per heavy atom. The lowest BCUT2D eigenvalue weighted by Crippen LogP contribution is -2.15. The molecule has 0 spiro atoms. The first-order valence-corrected chi connectivity index (χ1v) is 8.68. The maximum absolute atomic E-state index is 12.5. The van der Waals surface area contributed by atoms with Crippen LogP contribution < -0.4 is 20.1 Å². The van der Waals surface area contributed by atoms with E-state index < -0.39 is 0 Å². The predicted octanol–water partition coefficient (Wildman–Crippen LogP) is 4.08. The number of benzene rings is 2. The summed E-state index contributed by atoms with van der Waals surface area (Å²) < 4.78 is 11.3. The molecular formula is C20H24N2O4. The van der Waals surface area contributed by atoms with Crippen molar-refractivity contribution in [2.75, 3.05) is 23.8 Å². The summed E-state index contributed by atoms with van der Waals surface area (Å²) in [5, 5.41) is 5.65. The minimum Gasteiger partial charge on any atom is -0.492 e. The monoisotopic (exact) mass is 356 g/mol. The van der Waals surface area contributed by atoms with E-state index in [-0.39, 0.29) is 11.8 Å². The molecule has 0 saturated carbocycles. The summed E-state index contributed by atoms with van der Waals surface area (Å²) >= 11 is 0. The van der Waals surface area contributed by atoms with Crippen molar-refractivity contribution in [3.05, 3.63) is 48.0 Å². The van der Waals surface area contributed by atoms with Crippen LogP contribution in [-0.2, 0) is 4.79 Å². The Morgan fingerprint density at radius 3 is 1.88 bits per heavy atom. The van der Waals surface area contributed by atoms with Crippen molar-refractivity contribution in [3.63, 3.8) is 0 Å². The van der Waals surface area contributed by atoms with Crippen LogP contribution in [0.2, 0.25) is 0 Å². The van der Waals surface area contributed by atoms with E-state index in [2.05, 4.69) is 10.6 Å². The Morgan fingerprint density at radius 2 is 1.38 bits per heavy atom. The van der Waals surface area contributed by atoms with E-state index in [1.807, 2.05) is 19.9 Å². The quantitative estimate of drug-likeness (QED) is 0.747. The van der Waals surface area contributed by atoms with Crippen LogP contribution in [0.4, 0.5) is 11.4 Å². The summed E-state index contributed by atoms with van der Waals surface area (Å²) in [7, 11) is 0. The van der Waals surface area contributed by atoms with Crippen molar-refractivity contribution in [3.8, 4) is 11.5 Å². The summed E-state index contributed by atoms with van der Waals surface area (Å²) in [6, 6.07) is 12.2. The Hall–Kier alpha value is -3.02. The van der Waals surface area contributed by atoms with Gasteiger partial charge in [-0.25, -0.2) is 0 Å². The van der Waals surface area contributed by atoms with E-state index in [0.717, 1.165) is 0 Å². The van der Waals surface area contributed by atoms with Crippen LogP contribution in [0.1, 0.15) is 37.6 Å². The summed E-state index contributed by atoms with van der Waals surface area (Å²) in [6.45, 7) is 6.32. The summed E-state index contributed by atoms with van der Waals surface area (Å²) in [4.78, 5) is 24.2. The molecule has 0 aromatic heterocycles. The highest BCUT2D eigenvalue weighted by atomic mass is 16.5. The number of rotatable bonds is 8. The lowest BCUT2D eigenvalue weighted by atomic mass is 10.2. The molecule has 0 atom stereocenters. The number of ether oxygens (including phenoxy) is 2. The Balaban J connectivity index is 2.38. The first kappa shape index (κ1) is 19.3. The second-order valence-corrected chi connectivity index (χ2v) is 5.43. The average molecular weight is 356 g/mol. The van der Waals surface area contributed by atoms with E-state index in [9.17, 15) is 9.59 Å². The number of amides is 2. The van der Waals surface area contributed by atoms with Crippen LogP contribution in [0.25, 0.3) is 0 Å². The van der Waals surface area contributed by atoms with Gasteiger partial charge in [-0.2, -0.15) is 0 Å². The maximum atomic E-state index is 12.5. The topological polar surface area (TPSA) is 76.7 Å². The van der Waals surface area contributed by atoms with Crippen LogP contribution in [-0.4, -0.2) is 25.0 Å². The fourth-order valence-electron chi connectivity index (χ4n) is 2.33. The highest BCUT2D eigenvalue weighted by molar-refractivity contribution is 6.05. The van der Waals surface area contributed by atoms with Gasteiger partial charge in [0.25, 0.3) is 5.91 Å². The first-order chi connectivity index (χ1) is 12.6. The normalized spacial score (nSPS) is 10.1. The molecule has 6 nitrogen and oxygen atoms in total. The van der Waals surface area contributed by atoms with Gasteiger partial charge in [0, 0.05) is 24.1 Å². The van der Waals surface area contributed by atoms with E-state index in [1.165, 1.54) is 0 Å². The van der Waals surface area contributed by atoms with Crippen molar-refractivity contribution < 1.29 is 19.1 Å². The lowest BCUT2D eigenvalue weighted by molar-refractivity contribution is -0.115. The van der Waals surface area contributed by atoms with Gasteiger partial charge in [-0.15, -0.1) is 0 Å². The molecule has 2 amide bonds. The molecule has 0 fully saturated rings.